The van der Waals surface area contributed by atoms with Crippen LogP contribution in [-0.2, 0) is 15.8 Å². The molecule has 0 bridgehead atoms. The van der Waals surface area contributed by atoms with Gasteiger partial charge in [0, 0.05) is 12.4 Å². The van der Waals surface area contributed by atoms with Crippen LogP contribution in [-0.4, -0.2) is 44.6 Å². The van der Waals surface area contributed by atoms with E-state index in [-0.39, 0.29) is 22.7 Å². The second kappa shape index (κ2) is 8.14. The molecule has 1 aromatic carbocycles. The van der Waals surface area contributed by atoms with Gasteiger partial charge in [-0.1, -0.05) is 20.8 Å². The number of hydrogen-bond donors (Lipinski definition) is 2. The van der Waals surface area contributed by atoms with Crippen molar-refractivity contribution in [3.05, 3.63) is 42.2 Å². The first-order chi connectivity index (χ1) is 15.8. The Labute approximate surface area is 194 Å². The molecule has 2 unspecified atom stereocenters. The fourth-order valence-corrected chi connectivity index (χ4v) is 5.41. The monoisotopic (exact) mass is 477 g/mol. The topological polar surface area (TPSA) is 96.3 Å². The minimum atomic E-state index is -4.62. The zero-order chi connectivity index (χ0) is 24.9. The molecular weight excluding hydrogens is 451 g/mol. The summed E-state index contributed by atoms with van der Waals surface area (Å²) in [5.41, 5.74) is -2.13. The van der Waals surface area contributed by atoms with E-state index in [2.05, 4.69) is 15.7 Å². The summed E-state index contributed by atoms with van der Waals surface area (Å²) in [7, 11) is 0. The molecule has 2 N–H and O–H groups in total. The summed E-state index contributed by atoms with van der Waals surface area (Å²) in [6, 6.07) is 3.79. The van der Waals surface area contributed by atoms with Gasteiger partial charge in [-0.15, -0.1) is 0 Å². The maximum atomic E-state index is 13.3. The molecule has 1 aromatic heterocycles. The van der Waals surface area contributed by atoms with Gasteiger partial charge in [0.05, 0.1) is 16.9 Å². The minimum absolute atomic E-state index is 0.141. The van der Waals surface area contributed by atoms with E-state index >= 15 is 0 Å². The molecule has 4 rings (SSSR count). The Bertz CT molecular complexity index is 1130. The van der Waals surface area contributed by atoms with Gasteiger partial charge in [-0.25, -0.2) is 9.48 Å². The quantitative estimate of drug-likeness (QED) is 0.652. The van der Waals surface area contributed by atoms with Crippen LogP contribution >= 0.6 is 0 Å². The SMILES string of the molecule is CC1CC(C)(C)CC2(C1)NC(=O)N(CC(=O)Nc1cc(C(F)(F)F)ccc1-n1cccn1)C2=O. The summed E-state index contributed by atoms with van der Waals surface area (Å²) in [6.45, 7) is 5.46. The minimum Gasteiger partial charge on any atom is -0.323 e. The number of nitrogens with one attached hydrogen (secondary N) is 2. The van der Waals surface area contributed by atoms with E-state index in [1.807, 2.05) is 20.8 Å². The molecule has 182 valence electrons. The number of rotatable bonds is 4. The summed E-state index contributed by atoms with van der Waals surface area (Å²) in [5.74, 6) is -1.08. The average Bonchev–Trinajstić information content (AvgIpc) is 3.29. The molecular formula is C23H26F3N5O3. The maximum absolute atomic E-state index is 13.3. The highest BCUT2D eigenvalue weighted by Crippen LogP contribution is 2.46. The number of carbonyl (C=O) groups excluding carboxylic acids is 3. The highest BCUT2D eigenvalue weighted by Gasteiger charge is 2.56. The summed E-state index contributed by atoms with van der Waals surface area (Å²) >= 11 is 0. The van der Waals surface area contributed by atoms with Gasteiger partial charge in [-0.3, -0.25) is 14.5 Å². The number of carbonyl (C=O) groups is 3. The average molecular weight is 477 g/mol. The van der Waals surface area contributed by atoms with Gasteiger partial charge in [-0.05, 0) is 54.9 Å². The Kier molecular flexibility index (Phi) is 5.69. The Morgan fingerprint density at radius 1 is 1.26 bits per heavy atom. The second-order valence-electron chi connectivity index (χ2n) is 9.99. The van der Waals surface area contributed by atoms with Gasteiger partial charge >= 0.3 is 12.2 Å². The van der Waals surface area contributed by atoms with Crippen LogP contribution in [0, 0.1) is 11.3 Å². The molecule has 4 amide bonds. The van der Waals surface area contributed by atoms with E-state index in [1.165, 1.54) is 23.1 Å². The third kappa shape index (κ3) is 4.51. The van der Waals surface area contributed by atoms with Crippen molar-refractivity contribution in [2.75, 3.05) is 11.9 Å². The van der Waals surface area contributed by atoms with Gasteiger partial charge in [0.15, 0.2) is 0 Å². The van der Waals surface area contributed by atoms with E-state index in [1.54, 1.807) is 6.07 Å². The number of alkyl halides is 3. The Hall–Kier alpha value is -3.37. The standard InChI is InChI=1S/C23H26F3N5O3/c1-14-10-21(2,3)13-22(11-14)19(33)30(20(34)29-22)12-18(32)28-16-9-15(23(24,25)26)5-6-17(16)31-8-4-7-27-31/h4-9,14H,10-13H2,1-3H3,(H,28,32)(H,29,34). The maximum Gasteiger partial charge on any atom is 0.416 e. The molecule has 2 fully saturated rings. The highest BCUT2D eigenvalue weighted by atomic mass is 19.4. The van der Waals surface area contributed by atoms with Crippen LogP contribution in [0.25, 0.3) is 5.69 Å². The van der Waals surface area contributed by atoms with Gasteiger partial charge in [0.2, 0.25) is 5.91 Å². The van der Waals surface area contributed by atoms with E-state index in [0.717, 1.165) is 23.5 Å². The van der Waals surface area contributed by atoms with Crippen LogP contribution in [0.5, 0.6) is 0 Å². The van der Waals surface area contributed by atoms with Crippen LogP contribution in [0.4, 0.5) is 23.7 Å². The predicted octanol–water partition coefficient (Wildman–Crippen LogP) is 3.97. The number of hydrogen-bond acceptors (Lipinski definition) is 4. The first-order valence-electron chi connectivity index (χ1n) is 10.9. The van der Waals surface area contributed by atoms with Gasteiger partial charge in [-0.2, -0.15) is 18.3 Å². The predicted molar refractivity (Wildman–Crippen MR) is 117 cm³/mol. The van der Waals surface area contributed by atoms with Gasteiger partial charge < -0.3 is 10.6 Å². The van der Waals surface area contributed by atoms with E-state index in [9.17, 15) is 27.6 Å². The number of aromatic nitrogens is 2. The number of halogens is 3. The van der Waals surface area contributed by atoms with Gasteiger partial charge in [0.1, 0.15) is 12.1 Å². The molecule has 1 spiro atoms. The molecule has 11 heteroatoms. The lowest BCUT2D eigenvalue weighted by Gasteiger charge is -2.43. The van der Waals surface area contributed by atoms with Gasteiger partial charge in [0.25, 0.3) is 5.91 Å². The second-order valence-corrected chi connectivity index (χ2v) is 9.99. The number of imide groups is 1. The largest absolute Gasteiger partial charge is 0.416 e. The number of urea groups is 1. The summed E-state index contributed by atoms with van der Waals surface area (Å²) < 4.78 is 41.1. The molecule has 2 heterocycles. The molecule has 8 nitrogen and oxygen atoms in total. The number of amides is 4. The number of nitrogens with zero attached hydrogens (tertiary/aromatic N) is 3. The van der Waals surface area contributed by atoms with Crippen molar-refractivity contribution in [1.29, 1.82) is 0 Å². The van der Waals surface area contributed by atoms with Crippen molar-refractivity contribution in [3.63, 3.8) is 0 Å². The van der Waals surface area contributed by atoms with Crippen molar-refractivity contribution >= 4 is 23.5 Å². The Balaban J connectivity index is 1.56. The normalized spacial score (nSPS) is 24.4. The molecule has 1 aliphatic heterocycles. The van der Waals surface area contributed by atoms with E-state index < -0.39 is 41.7 Å². The van der Waals surface area contributed by atoms with Crippen LogP contribution in [0.1, 0.15) is 45.6 Å². The smallest absolute Gasteiger partial charge is 0.323 e. The number of anilines is 1. The van der Waals surface area contributed by atoms with E-state index in [0.29, 0.717) is 12.8 Å². The third-order valence-corrected chi connectivity index (χ3v) is 6.28. The first-order valence-corrected chi connectivity index (χ1v) is 10.9. The van der Waals surface area contributed by atoms with Crippen molar-refractivity contribution in [2.45, 2.75) is 51.7 Å². The Morgan fingerprint density at radius 2 is 2.00 bits per heavy atom. The molecule has 1 saturated carbocycles. The fraction of sp³-hybridized carbons (Fsp3) is 0.478. The highest BCUT2D eigenvalue weighted by molar-refractivity contribution is 6.10. The molecule has 1 aliphatic carbocycles. The lowest BCUT2D eigenvalue weighted by atomic mass is 9.64. The fourth-order valence-electron chi connectivity index (χ4n) is 5.41. The number of benzene rings is 1. The molecule has 0 radical (unpaired) electrons. The van der Waals surface area contributed by atoms with Crippen LogP contribution in [0.15, 0.2) is 36.7 Å². The first kappa shape index (κ1) is 23.8. The zero-order valence-electron chi connectivity index (χ0n) is 19.1. The molecule has 2 aliphatic rings. The summed E-state index contributed by atoms with van der Waals surface area (Å²) in [4.78, 5) is 39.6. The molecule has 2 atom stereocenters. The molecule has 34 heavy (non-hydrogen) atoms. The molecule has 2 aromatic rings. The van der Waals surface area contributed by atoms with E-state index in [4.69, 9.17) is 0 Å². The van der Waals surface area contributed by atoms with Crippen molar-refractivity contribution in [1.82, 2.24) is 20.0 Å². The van der Waals surface area contributed by atoms with Crippen molar-refractivity contribution in [2.24, 2.45) is 11.3 Å². The lowest BCUT2D eigenvalue weighted by Crippen LogP contribution is -2.54. The third-order valence-electron chi connectivity index (χ3n) is 6.28. The Morgan fingerprint density at radius 3 is 2.62 bits per heavy atom. The van der Waals surface area contributed by atoms with Crippen LogP contribution < -0.4 is 10.6 Å². The van der Waals surface area contributed by atoms with Crippen molar-refractivity contribution in [3.8, 4) is 5.69 Å². The van der Waals surface area contributed by atoms with Crippen molar-refractivity contribution < 1.29 is 27.6 Å². The molecule has 1 saturated heterocycles. The van der Waals surface area contributed by atoms with Crippen LogP contribution in [0.3, 0.4) is 0 Å². The summed E-state index contributed by atoms with van der Waals surface area (Å²) in [6.07, 6.45) is 0.169. The zero-order valence-corrected chi connectivity index (χ0v) is 19.1. The lowest BCUT2D eigenvalue weighted by molar-refractivity contribution is -0.137. The van der Waals surface area contributed by atoms with Crippen LogP contribution in [0.2, 0.25) is 0 Å². The summed E-state index contributed by atoms with van der Waals surface area (Å²) in [5, 5.41) is 9.21.